The van der Waals surface area contributed by atoms with Gasteiger partial charge in [-0.05, 0) is 40.8 Å². The number of hydrogen-bond acceptors (Lipinski definition) is 4. The van der Waals surface area contributed by atoms with Crippen LogP contribution in [0, 0.1) is 0 Å². The Labute approximate surface area is 159 Å². The predicted molar refractivity (Wildman–Crippen MR) is 109 cm³/mol. The Morgan fingerprint density at radius 3 is 2.48 bits per heavy atom. The third-order valence-electron chi connectivity index (χ3n) is 4.20. The molecule has 5 nitrogen and oxygen atoms in total. The molecule has 1 aromatic carbocycles. The van der Waals surface area contributed by atoms with E-state index in [2.05, 4.69) is 41.4 Å². The van der Waals surface area contributed by atoms with Crippen molar-refractivity contribution in [2.75, 3.05) is 10.6 Å². The van der Waals surface area contributed by atoms with Crippen LogP contribution in [-0.4, -0.2) is 15.9 Å². The quantitative estimate of drug-likeness (QED) is 0.696. The van der Waals surface area contributed by atoms with Crippen LogP contribution >= 0.6 is 0 Å². The summed E-state index contributed by atoms with van der Waals surface area (Å²) in [7, 11) is 0. The third-order valence-corrected chi connectivity index (χ3v) is 4.20. The molecule has 0 saturated carbocycles. The average Bonchev–Trinajstić information content (AvgIpc) is 2.67. The number of para-hydroxylation sites is 1. The van der Waals surface area contributed by atoms with Crippen LogP contribution in [0.5, 0.6) is 0 Å². The standard InChI is InChI=1S/C22H24N4O/c1-22(2,3)18-8-4-5-9-19(18)26-21(27)20-11-10-17(15-25-20)24-14-16-7-6-12-23-13-16/h4-13,15,24H,14H2,1-3H3,(H,26,27). The fourth-order valence-electron chi connectivity index (χ4n) is 2.77. The zero-order valence-corrected chi connectivity index (χ0v) is 15.9. The number of amides is 1. The molecule has 138 valence electrons. The van der Waals surface area contributed by atoms with E-state index in [-0.39, 0.29) is 11.3 Å². The Morgan fingerprint density at radius 2 is 1.81 bits per heavy atom. The first-order valence-corrected chi connectivity index (χ1v) is 8.93. The molecule has 0 aliphatic rings. The fourth-order valence-corrected chi connectivity index (χ4v) is 2.77. The molecule has 3 rings (SSSR count). The van der Waals surface area contributed by atoms with Gasteiger partial charge in [-0.3, -0.25) is 9.78 Å². The Balaban J connectivity index is 1.66. The van der Waals surface area contributed by atoms with Crippen LogP contribution in [0.3, 0.4) is 0 Å². The minimum Gasteiger partial charge on any atom is -0.380 e. The number of anilines is 2. The second kappa shape index (κ2) is 7.99. The van der Waals surface area contributed by atoms with Gasteiger partial charge in [0.05, 0.1) is 11.9 Å². The van der Waals surface area contributed by atoms with E-state index in [1.54, 1.807) is 18.5 Å². The van der Waals surface area contributed by atoms with Gasteiger partial charge in [0, 0.05) is 24.6 Å². The molecule has 27 heavy (non-hydrogen) atoms. The zero-order chi connectivity index (χ0) is 19.3. The zero-order valence-electron chi connectivity index (χ0n) is 15.9. The number of nitrogens with zero attached hydrogens (tertiary/aromatic N) is 2. The number of aromatic nitrogens is 2. The van der Waals surface area contributed by atoms with Gasteiger partial charge in [0.2, 0.25) is 0 Å². The lowest BCUT2D eigenvalue weighted by molar-refractivity contribution is 0.102. The number of benzene rings is 1. The second-order valence-corrected chi connectivity index (χ2v) is 7.40. The maximum atomic E-state index is 12.6. The lowest BCUT2D eigenvalue weighted by Crippen LogP contribution is -2.19. The summed E-state index contributed by atoms with van der Waals surface area (Å²) in [6.07, 6.45) is 5.23. The first kappa shape index (κ1) is 18.6. The molecule has 0 bridgehead atoms. The fraction of sp³-hybridized carbons (Fsp3) is 0.227. The summed E-state index contributed by atoms with van der Waals surface area (Å²) in [5.41, 5.74) is 4.16. The molecular weight excluding hydrogens is 336 g/mol. The SMILES string of the molecule is CC(C)(C)c1ccccc1NC(=O)c1ccc(NCc2cccnc2)cn1. The first-order valence-electron chi connectivity index (χ1n) is 8.93. The minimum atomic E-state index is -0.217. The maximum Gasteiger partial charge on any atom is 0.274 e. The Kier molecular flexibility index (Phi) is 5.50. The molecule has 1 amide bonds. The topological polar surface area (TPSA) is 66.9 Å². The highest BCUT2D eigenvalue weighted by molar-refractivity contribution is 6.03. The van der Waals surface area contributed by atoms with Gasteiger partial charge in [-0.25, -0.2) is 4.98 Å². The third kappa shape index (κ3) is 4.91. The average molecular weight is 360 g/mol. The van der Waals surface area contributed by atoms with Crippen LogP contribution in [0.2, 0.25) is 0 Å². The monoisotopic (exact) mass is 360 g/mol. The van der Waals surface area contributed by atoms with E-state index in [1.165, 1.54) is 0 Å². The highest BCUT2D eigenvalue weighted by atomic mass is 16.1. The van der Waals surface area contributed by atoms with Crippen LogP contribution in [0.25, 0.3) is 0 Å². The summed E-state index contributed by atoms with van der Waals surface area (Å²) in [5.74, 6) is -0.217. The van der Waals surface area contributed by atoms with Crippen molar-refractivity contribution in [1.29, 1.82) is 0 Å². The summed E-state index contributed by atoms with van der Waals surface area (Å²) in [6.45, 7) is 7.02. The number of nitrogens with one attached hydrogen (secondary N) is 2. The first-order chi connectivity index (χ1) is 12.9. The van der Waals surface area contributed by atoms with E-state index in [9.17, 15) is 4.79 Å². The molecule has 5 heteroatoms. The van der Waals surface area contributed by atoms with Gasteiger partial charge in [-0.15, -0.1) is 0 Å². The molecule has 0 spiro atoms. The summed E-state index contributed by atoms with van der Waals surface area (Å²) in [5, 5.41) is 6.25. The van der Waals surface area contributed by atoms with Gasteiger partial charge < -0.3 is 10.6 Å². The molecule has 2 heterocycles. The molecule has 0 saturated heterocycles. The number of carbonyl (C=O) groups is 1. The van der Waals surface area contributed by atoms with Crippen molar-refractivity contribution in [3.8, 4) is 0 Å². The summed E-state index contributed by atoms with van der Waals surface area (Å²) in [4.78, 5) is 21.0. The van der Waals surface area contributed by atoms with Crippen molar-refractivity contribution in [3.63, 3.8) is 0 Å². The summed E-state index contributed by atoms with van der Waals surface area (Å²) in [6, 6.07) is 15.3. The Hall–Kier alpha value is -3.21. The van der Waals surface area contributed by atoms with Crippen molar-refractivity contribution in [2.45, 2.75) is 32.7 Å². The molecule has 0 radical (unpaired) electrons. The number of pyridine rings is 2. The van der Waals surface area contributed by atoms with E-state index < -0.39 is 0 Å². The largest absolute Gasteiger partial charge is 0.380 e. The lowest BCUT2D eigenvalue weighted by Gasteiger charge is -2.22. The molecule has 0 aliphatic carbocycles. The summed E-state index contributed by atoms with van der Waals surface area (Å²) < 4.78 is 0. The molecule has 0 atom stereocenters. The van der Waals surface area contributed by atoms with Crippen LogP contribution in [0.4, 0.5) is 11.4 Å². The molecule has 0 aliphatic heterocycles. The van der Waals surface area contributed by atoms with Gasteiger partial charge in [0.15, 0.2) is 0 Å². The van der Waals surface area contributed by atoms with Gasteiger partial charge in [-0.1, -0.05) is 45.0 Å². The highest BCUT2D eigenvalue weighted by Gasteiger charge is 2.19. The van der Waals surface area contributed by atoms with Gasteiger partial charge >= 0.3 is 0 Å². The molecule has 3 aromatic rings. The Morgan fingerprint density at radius 1 is 1.00 bits per heavy atom. The predicted octanol–water partition coefficient (Wildman–Crippen LogP) is 4.64. The van der Waals surface area contributed by atoms with Crippen LogP contribution in [-0.2, 0) is 12.0 Å². The van der Waals surface area contributed by atoms with Gasteiger partial charge in [0.25, 0.3) is 5.91 Å². The molecule has 2 N–H and O–H groups in total. The Bertz CT molecular complexity index is 900. The van der Waals surface area contributed by atoms with Crippen LogP contribution < -0.4 is 10.6 Å². The summed E-state index contributed by atoms with van der Waals surface area (Å²) >= 11 is 0. The molecular formula is C22H24N4O. The highest BCUT2D eigenvalue weighted by Crippen LogP contribution is 2.29. The van der Waals surface area contributed by atoms with E-state index in [0.29, 0.717) is 12.2 Å². The number of carbonyl (C=O) groups excluding carboxylic acids is 1. The van der Waals surface area contributed by atoms with Crippen molar-refractivity contribution in [2.24, 2.45) is 0 Å². The van der Waals surface area contributed by atoms with Gasteiger partial charge in [-0.2, -0.15) is 0 Å². The van der Waals surface area contributed by atoms with Gasteiger partial charge in [0.1, 0.15) is 5.69 Å². The molecule has 0 unspecified atom stereocenters. The second-order valence-electron chi connectivity index (χ2n) is 7.40. The van der Waals surface area contributed by atoms with Crippen molar-refractivity contribution in [3.05, 3.63) is 83.9 Å². The normalized spacial score (nSPS) is 11.1. The van der Waals surface area contributed by atoms with Crippen molar-refractivity contribution >= 4 is 17.3 Å². The number of hydrogen-bond donors (Lipinski definition) is 2. The van der Waals surface area contributed by atoms with Crippen LogP contribution in [0.1, 0.15) is 42.4 Å². The lowest BCUT2D eigenvalue weighted by atomic mass is 9.86. The van der Waals surface area contributed by atoms with Crippen molar-refractivity contribution < 1.29 is 4.79 Å². The maximum absolute atomic E-state index is 12.6. The minimum absolute atomic E-state index is 0.0582. The van der Waals surface area contributed by atoms with Crippen molar-refractivity contribution in [1.82, 2.24) is 9.97 Å². The molecule has 2 aromatic heterocycles. The van der Waals surface area contributed by atoms with E-state index in [4.69, 9.17) is 0 Å². The number of rotatable bonds is 5. The van der Waals surface area contributed by atoms with E-state index >= 15 is 0 Å². The van der Waals surface area contributed by atoms with Crippen LogP contribution in [0.15, 0.2) is 67.1 Å². The smallest absolute Gasteiger partial charge is 0.274 e. The van der Waals surface area contributed by atoms with E-state index in [0.717, 1.165) is 22.5 Å². The molecule has 0 fully saturated rings. The van der Waals surface area contributed by atoms with E-state index in [1.807, 2.05) is 48.7 Å².